The Kier molecular flexibility index (Phi) is 5.59. The summed E-state index contributed by atoms with van der Waals surface area (Å²) in [6.07, 6.45) is 0.772. The Morgan fingerprint density at radius 2 is 1.73 bits per heavy atom. The van der Waals surface area contributed by atoms with Gasteiger partial charge in [-0.1, -0.05) is 55.5 Å². The average molecular weight is 297 g/mol. The maximum Gasteiger partial charge on any atom is 0.228 e. The summed E-state index contributed by atoms with van der Waals surface area (Å²) in [5.41, 5.74) is 2.04. The Hall–Kier alpha value is -2.29. The molecule has 116 valence electrons. The summed E-state index contributed by atoms with van der Waals surface area (Å²) in [5.74, 6) is 0.716. The zero-order valence-electron chi connectivity index (χ0n) is 13.4. The van der Waals surface area contributed by atoms with Crippen LogP contribution < -0.4 is 10.1 Å². The Labute approximate surface area is 132 Å². The maximum absolute atomic E-state index is 12.6. The minimum atomic E-state index is -0.127. The summed E-state index contributed by atoms with van der Waals surface area (Å²) in [4.78, 5) is 12.6. The van der Waals surface area contributed by atoms with Crippen molar-refractivity contribution in [2.45, 2.75) is 32.2 Å². The second-order valence-corrected chi connectivity index (χ2v) is 5.34. The summed E-state index contributed by atoms with van der Waals surface area (Å²) in [5, 5.41) is 3.10. The first-order chi connectivity index (χ1) is 10.7. The molecule has 1 N–H and O–H groups in total. The normalized spacial score (nSPS) is 13.2. The molecular weight excluding hydrogens is 274 g/mol. The fourth-order valence-corrected chi connectivity index (χ4v) is 2.67. The zero-order valence-corrected chi connectivity index (χ0v) is 13.4. The lowest BCUT2D eigenvalue weighted by molar-refractivity contribution is -0.123. The number of ether oxygens (including phenoxy) is 1. The number of hydrogen-bond donors (Lipinski definition) is 1. The van der Waals surface area contributed by atoms with Crippen molar-refractivity contribution in [3.63, 3.8) is 0 Å². The van der Waals surface area contributed by atoms with Gasteiger partial charge >= 0.3 is 0 Å². The van der Waals surface area contributed by atoms with Gasteiger partial charge in [0.25, 0.3) is 0 Å². The van der Waals surface area contributed by atoms with E-state index in [0.717, 1.165) is 23.3 Å². The predicted molar refractivity (Wildman–Crippen MR) is 89.0 cm³/mol. The van der Waals surface area contributed by atoms with Gasteiger partial charge in [-0.2, -0.15) is 0 Å². The first-order valence-corrected chi connectivity index (χ1v) is 7.65. The summed E-state index contributed by atoms with van der Waals surface area (Å²) in [6, 6.07) is 17.6. The van der Waals surface area contributed by atoms with Gasteiger partial charge in [-0.25, -0.2) is 0 Å². The second kappa shape index (κ2) is 7.64. The van der Waals surface area contributed by atoms with E-state index in [-0.39, 0.29) is 17.9 Å². The number of benzene rings is 2. The molecule has 0 heterocycles. The topological polar surface area (TPSA) is 38.3 Å². The predicted octanol–water partition coefficient (Wildman–Crippen LogP) is 4.07. The van der Waals surface area contributed by atoms with Gasteiger partial charge in [0.15, 0.2) is 0 Å². The third-order valence-corrected chi connectivity index (χ3v) is 3.89. The van der Waals surface area contributed by atoms with Crippen molar-refractivity contribution in [1.82, 2.24) is 5.32 Å². The van der Waals surface area contributed by atoms with E-state index in [1.54, 1.807) is 7.11 Å². The number of amides is 1. The number of methoxy groups -OCH3 is 1. The third kappa shape index (κ3) is 3.67. The molecular formula is C19H23NO2. The van der Waals surface area contributed by atoms with Gasteiger partial charge in [-0.15, -0.1) is 0 Å². The first kappa shape index (κ1) is 16.1. The largest absolute Gasteiger partial charge is 0.496 e. The first-order valence-electron chi connectivity index (χ1n) is 7.65. The number of nitrogens with one attached hydrogen (secondary N) is 1. The van der Waals surface area contributed by atoms with E-state index in [2.05, 4.69) is 5.32 Å². The number of carbonyl (C=O) groups excluding carboxylic acids is 1. The quantitative estimate of drug-likeness (QED) is 0.873. The Balaban J connectivity index is 2.13. The van der Waals surface area contributed by atoms with Crippen molar-refractivity contribution in [3.05, 3.63) is 65.7 Å². The van der Waals surface area contributed by atoms with Crippen LogP contribution in [0.15, 0.2) is 54.6 Å². The lowest BCUT2D eigenvalue weighted by Crippen LogP contribution is -2.31. The van der Waals surface area contributed by atoms with Crippen molar-refractivity contribution >= 4 is 5.91 Å². The lowest BCUT2D eigenvalue weighted by atomic mass is 9.95. The summed E-state index contributed by atoms with van der Waals surface area (Å²) in [7, 11) is 1.65. The van der Waals surface area contributed by atoms with Gasteiger partial charge < -0.3 is 10.1 Å². The number of rotatable bonds is 6. The SMILES string of the molecule is CC[C@H](C(=O)N[C@H](C)c1ccccc1OC)c1ccccc1. The average Bonchev–Trinajstić information content (AvgIpc) is 2.56. The van der Waals surface area contributed by atoms with Crippen molar-refractivity contribution in [2.75, 3.05) is 7.11 Å². The highest BCUT2D eigenvalue weighted by atomic mass is 16.5. The highest BCUT2D eigenvalue weighted by molar-refractivity contribution is 5.84. The van der Waals surface area contributed by atoms with Crippen molar-refractivity contribution in [1.29, 1.82) is 0 Å². The fourth-order valence-electron chi connectivity index (χ4n) is 2.67. The van der Waals surface area contributed by atoms with Crippen molar-refractivity contribution in [2.24, 2.45) is 0 Å². The van der Waals surface area contributed by atoms with Crippen LogP contribution in [0.2, 0.25) is 0 Å². The smallest absolute Gasteiger partial charge is 0.228 e. The standard InChI is InChI=1S/C19H23NO2/c1-4-16(15-10-6-5-7-11-15)19(21)20-14(2)17-12-8-9-13-18(17)22-3/h5-14,16H,4H2,1-3H3,(H,20,21)/t14-,16+/m1/s1. The minimum Gasteiger partial charge on any atom is -0.496 e. The highest BCUT2D eigenvalue weighted by Gasteiger charge is 2.21. The summed E-state index contributed by atoms with van der Waals surface area (Å²) in [6.45, 7) is 4.01. The molecule has 2 aromatic carbocycles. The molecule has 0 saturated carbocycles. The zero-order chi connectivity index (χ0) is 15.9. The van der Waals surface area contributed by atoms with E-state index < -0.39 is 0 Å². The van der Waals surface area contributed by atoms with Gasteiger partial charge in [0, 0.05) is 5.56 Å². The molecule has 2 rings (SSSR count). The molecule has 0 aromatic heterocycles. The van der Waals surface area contributed by atoms with E-state index in [1.165, 1.54) is 0 Å². The molecule has 0 unspecified atom stereocenters. The van der Waals surface area contributed by atoms with Crippen LogP contribution >= 0.6 is 0 Å². The van der Waals surface area contributed by atoms with Crippen LogP contribution in [0.3, 0.4) is 0 Å². The second-order valence-electron chi connectivity index (χ2n) is 5.34. The monoisotopic (exact) mass is 297 g/mol. The molecule has 0 radical (unpaired) electrons. The minimum absolute atomic E-state index is 0.0482. The van der Waals surface area contributed by atoms with E-state index >= 15 is 0 Å². The maximum atomic E-state index is 12.6. The Morgan fingerprint density at radius 3 is 2.36 bits per heavy atom. The fraction of sp³-hybridized carbons (Fsp3) is 0.316. The van der Waals surface area contributed by atoms with E-state index in [4.69, 9.17) is 4.74 Å². The van der Waals surface area contributed by atoms with Crippen LogP contribution in [0.1, 0.15) is 43.4 Å². The van der Waals surface area contributed by atoms with Crippen LogP contribution in [0.25, 0.3) is 0 Å². The van der Waals surface area contributed by atoms with Crippen molar-refractivity contribution in [3.8, 4) is 5.75 Å². The highest BCUT2D eigenvalue weighted by Crippen LogP contribution is 2.26. The van der Waals surface area contributed by atoms with Gasteiger partial charge in [-0.3, -0.25) is 4.79 Å². The molecule has 22 heavy (non-hydrogen) atoms. The molecule has 0 bridgehead atoms. The summed E-state index contributed by atoms with van der Waals surface area (Å²) >= 11 is 0. The number of para-hydroxylation sites is 1. The number of carbonyl (C=O) groups is 1. The summed E-state index contributed by atoms with van der Waals surface area (Å²) < 4.78 is 5.37. The molecule has 0 aliphatic carbocycles. The Morgan fingerprint density at radius 1 is 1.09 bits per heavy atom. The van der Waals surface area contributed by atoms with Gasteiger partial charge in [0.05, 0.1) is 19.1 Å². The van der Waals surface area contributed by atoms with Crippen LogP contribution in [-0.4, -0.2) is 13.0 Å². The molecule has 3 heteroatoms. The molecule has 0 saturated heterocycles. The molecule has 0 aliphatic rings. The van der Waals surface area contributed by atoms with Crippen LogP contribution in [0.5, 0.6) is 5.75 Å². The third-order valence-electron chi connectivity index (χ3n) is 3.89. The van der Waals surface area contributed by atoms with Crippen LogP contribution in [0, 0.1) is 0 Å². The van der Waals surface area contributed by atoms with Gasteiger partial charge in [-0.05, 0) is 25.0 Å². The molecule has 0 fully saturated rings. The van der Waals surface area contributed by atoms with Crippen LogP contribution in [0.4, 0.5) is 0 Å². The number of hydrogen-bond acceptors (Lipinski definition) is 2. The molecule has 2 aromatic rings. The molecule has 3 nitrogen and oxygen atoms in total. The molecule has 0 spiro atoms. The van der Waals surface area contributed by atoms with E-state index in [1.807, 2.05) is 68.4 Å². The van der Waals surface area contributed by atoms with Gasteiger partial charge in [0.1, 0.15) is 5.75 Å². The lowest BCUT2D eigenvalue weighted by Gasteiger charge is -2.21. The van der Waals surface area contributed by atoms with Crippen LogP contribution in [-0.2, 0) is 4.79 Å². The van der Waals surface area contributed by atoms with E-state index in [0.29, 0.717) is 0 Å². The van der Waals surface area contributed by atoms with Crippen molar-refractivity contribution < 1.29 is 9.53 Å². The Bertz CT molecular complexity index is 610. The van der Waals surface area contributed by atoms with Gasteiger partial charge in [0.2, 0.25) is 5.91 Å². The molecule has 1 amide bonds. The molecule has 2 atom stereocenters. The molecule has 0 aliphatic heterocycles. The van der Waals surface area contributed by atoms with E-state index in [9.17, 15) is 4.79 Å².